The number of ether oxygens (including phenoxy) is 2. The van der Waals surface area contributed by atoms with E-state index in [9.17, 15) is 4.79 Å². The molecule has 0 unspecified atom stereocenters. The van der Waals surface area contributed by atoms with Crippen molar-refractivity contribution >= 4 is 17.3 Å². The van der Waals surface area contributed by atoms with Gasteiger partial charge in [-0.15, -0.1) is 0 Å². The molecule has 0 bridgehead atoms. The van der Waals surface area contributed by atoms with E-state index in [1.54, 1.807) is 44.8 Å². The monoisotopic (exact) mass is 369 g/mol. The summed E-state index contributed by atoms with van der Waals surface area (Å²) >= 11 is 0. The van der Waals surface area contributed by atoms with Crippen LogP contribution in [0.2, 0.25) is 0 Å². The molecule has 1 saturated carbocycles. The van der Waals surface area contributed by atoms with Gasteiger partial charge in [0.1, 0.15) is 0 Å². The Morgan fingerprint density at radius 1 is 0.963 bits per heavy atom. The van der Waals surface area contributed by atoms with E-state index in [0.717, 1.165) is 5.69 Å². The van der Waals surface area contributed by atoms with Crippen LogP contribution in [0.25, 0.3) is 0 Å². The number of methoxy groups -OCH3 is 2. The predicted molar refractivity (Wildman–Crippen MR) is 107 cm³/mol. The van der Waals surface area contributed by atoms with Crippen LogP contribution in [0.4, 0.5) is 11.4 Å². The van der Waals surface area contributed by atoms with Crippen molar-refractivity contribution in [3.8, 4) is 11.5 Å². The van der Waals surface area contributed by atoms with Gasteiger partial charge in [0, 0.05) is 30.2 Å². The Balaban J connectivity index is 1.68. The summed E-state index contributed by atoms with van der Waals surface area (Å²) < 4.78 is 10.5. The van der Waals surface area contributed by atoms with E-state index in [1.807, 2.05) is 6.07 Å². The summed E-state index contributed by atoms with van der Waals surface area (Å²) in [6.45, 7) is 0. The molecule has 6 heteroatoms. The summed E-state index contributed by atoms with van der Waals surface area (Å²) in [6, 6.07) is 7.58. The second-order valence-corrected chi connectivity index (χ2v) is 6.82. The molecule has 0 atom stereocenters. The van der Waals surface area contributed by atoms with Crippen molar-refractivity contribution in [3.05, 3.63) is 42.2 Å². The van der Waals surface area contributed by atoms with Crippen molar-refractivity contribution in [2.45, 2.75) is 44.6 Å². The normalized spacial score (nSPS) is 14.9. The molecule has 1 heterocycles. The number of hydrogen-bond donors (Lipinski definition) is 2. The molecule has 27 heavy (non-hydrogen) atoms. The molecule has 2 N–H and O–H groups in total. The van der Waals surface area contributed by atoms with Crippen molar-refractivity contribution in [1.82, 2.24) is 4.98 Å². The number of anilines is 2. The molecule has 2 aromatic rings. The van der Waals surface area contributed by atoms with Crippen LogP contribution in [-0.2, 0) is 0 Å². The van der Waals surface area contributed by atoms with Crippen LogP contribution < -0.4 is 20.1 Å². The summed E-state index contributed by atoms with van der Waals surface area (Å²) in [5.74, 6) is 0.975. The van der Waals surface area contributed by atoms with Gasteiger partial charge in [-0.3, -0.25) is 9.78 Å². The van der Waals surface area contributed by atoms with Gasteiger partial charge >= 0.3 is 0 Å². The highest BCUT2D eigenvalue weighted by molar-refractivity contribution is 6.04. The fourth-order valence-electron chi connectivity index (χ4n) is 3.42. The summed E-state index contributed by atoms with van der Waals surface area (Å²) in [5, 5.41) is 6.42. The molecule has 1 aliphatic carbocycles. The Morgan fingerprint density at radius 2 is 1.70 bits per heavy atom. The number of aromatic nitrogens is 1. The van der Waals surface area contributed by atoms with Gasteiger partial charge in [-0.05, 0) is 31.0 Å². The second kappa shape index (κ2) is 9.26. The number of pyridine rings is 1. The van der Waals surface area contributed by atoms with Gasteiger partial charge in [0.05, 0.1) is 25.5 Å². The first-order valence-corrected chi connectivity index (χ1v) is 9.44. The number of rotatable bonds is 6. The fraction of sp³-hybridized carbons (Fsp3) is 0.429. The Labute approximate surface area is 160 Å². The highest BCUT2D eigenvalue weighted by atomic mass is 16.5. The van der Waals surface area contributed by atoms with Gasteiger partial charge in [0.2, 0.25) is 0 Å². The van der Waals surface area contributed by atoms with Crippen LogP contribution in [0.1, 0.15) is 48.9 Å². The summed E-state index contributed by atoms with van der Waals surface area (Å²) in [5.41, 5.74) is 2.05. The molecule has 0 spiro atoms. The third kappa shape index (κ3) is 5.12. The maximum atomic E-state index is 12.6. The quantitative estimate of drug-likeness (QED) is 0.734. The van der Waals surface area contributed by atoms with E-state index in [2.05, 4.69) is 15.6 Å². The first kappa shape index (κ1) is 19.0. The van der Waals surface area contributed by atoms with Crippen LogP contribution >= 0.6 is 0 Å². The van der Waals surface area contributed by atoms with E-state index >= 15 is 0 Å². The lowest BCUT2D eigenvalue weighted by molar-refractivity contribution is 0.102. The molecule has 3 rings (SSSR count). The standard InChI is InChI=1S/C21H27N3O3/c1-26-19-10-9-17(12-20(19)27-2)24-21(25)15-11-18(14-22-13-15)23-16-7-5-3-4-6-8-16/h9-14,16,23H,3-8H2,1-2H3,(H,24,25). The van der Waals surface area contributed by atoms with E-state index in [-0.39, 0.29) is 5.91 Å². The van der Waals surface area contributed by atoms with Crippen molar-refractivity contribution in [1.29, 1.82) is 0 Å². The Morgan fingerprint density at radius 3 is 2.41 bits per heavy atom. The van der Waals surface area contributed by atoms with Gasteiger partial charge in [-0.1, -0.05) is 25.7 Å². The third-order valence-corrected chi connectivity index (χ3v) is 4.87. The van der Waals surface area contributed by atoms with Crippen LogP contribution in [-0.4, -0.2) is 31.2 Å². The third-order valence-electron chi connectivity index (χ3n) is 4.87. The highest BCUT2D eigenvalue weighted by Gasteiger charge is 2.14. The van der Waals surface area contributed by atoms with Gasteiger partial charge < -0.3 is 20.1 Å². The first-order valence-electron chi connectivity index (χ1n) is 9.44. The molecule has 1 aliphatic rings. The van der Waals surface area contributed by atoms with Gasteiger partial charge in [0.25, 0.3) is 5.91 Å². The van der Waals surface area contributed by atoms with Crippen molar-refractivity contribution in [3.63, 3.8) is 0 Å². The molecule has 1 amide bonds. The van der Waals surface area contributed by atoms with E-state index in [1.165, 1.54) is 38.5 Å². The number of benzene rings is 1. The molecule has 144 valence electrons. The Hall–Kier alpha value is -2.76. The molecule has 1 fully saturated rings. The first-order chi connectivity index (χ1) is 13.2. The van der Waals surface area contributed by atoms with Crippen molar-refractivity contribution < 1.29 is 14.3 Å². The van der Waals surface area contributed by atoms with Crippen LogP contribution in [0.3, 0.4) is 0 Å². The fourth-order valence-corrected chi connectivity index (χ4v) is 3.42. The molecular weight excluding hydrogens is 342 g/mol. The maximum Gasteiger partial charge on any atom is 0.257 e. The van der Waals surface area contributed by atoms with Crippen LogP contribution in [0.5, 0.6) is 11.5 Å². The zero-order chi connectivity index (χ0) is 19.1. The minimum absolute atomic E-state index is 0.209. The molecule has 0 saturated heterocycles. The minimum atomic E-state index is -0.209. The number of carbonyl (C=O) groups excluding carboxylic acids is 1. The van der Waals surface area contributed by atoms with Crippen LogP contribution in [0, 0.1) is 0 Å². The largest absolute Gasteiger partial charge is 0.493 e. The zero-order valence-electron chi connectivity index (χ0n) is 16.0. The smallest absolute Gasteiger partial charge is 0.257 e. The topological polar surface area (TPSA) is 72.5 Å². The number of hydrogen-bond acceptors (Lipinski definition) is 5. The number of amides is 1. The van der Waals surface area contributed by atoms with E-state index in [0.29, 0.717) is 28.8 Å². The van der Waals surface area contributed by atoms with Gasteiger partial charge in [0.15, 0.2) is 11.5 Å². The Kier molecular flexibility index (Phi) is 6.52. The summed E-state index contributed by atoms with van der Waals surface area (Å²) in [6.07, 6.45) is 10.8. The van der Waals surface area contributed by atoms with Crippen molar-refractivity contribution in [2.75, 3.05) is 24.9 Å². The molecule has 0 radical (unpaired) electrons. The Bertz CT molecular complexity index is 771. The molecule has 6 nitrogen and oxygen atoms in total. The second-order valence-electron chi connectivity index (χ2n) is 6.82. The van der Waals surface area contributed by atoms with E-state index in [4.69, 9.17) is 9.47 Å². The molecular formula is C21H27N3O3. The molecule has 0 aliphatic heterocycles. The SMILES string of the molecule is COc1ccc(NC(=O)c2cncc(NC3CCCCCC3)c2)cc1OC. The van der Waals surface area contributed by atoms with E-state index < -0.39 is 0 Å². The maximum absolute atomic E-state index is 12.6. The zero-order valence-corrected chi connectivity index (χ0v) is 16.0. The number of nitrogens with one attached hydrogen (secondary N) is 2. The lowest BCUT2D eigenvalue weighted by Crippen LogP contribution is -2.19. The van der Waals surface area contributed by atoms with Crippen molar-refractivity contribution in [2.24, 2.45) is 0 Å². The number of nitrogens with zero attached hydrogens (tertiary/aromatic N) is 1. The average Bonchev–Trinajstić information content (AvgIpc) is 2.96. The number of carbonyl (C=O) groups is 1. The van der Waals surface area contributed by atoms with Gasteiger partial charge in [-0.25, -0.2) is 0 Å². The summed E-state index contributed by atoms with van der Waals surface area (Å²) in [4.78, 5) is 16.8. The highest BCUT2D eigenvalue weighted by Crippen LogP contribution is 2.30. The van der Waals surface area contributed by atoms with Gasteiger partial charge in [-0.2, -0.15) is 0 Å². The lowest BCUT2D eigenvalue weighted by atomic mass is 10.1. The van der Waals surface area contributed by atoms with Crippen LogP contribution in [0.15, 0.2) is 36.7 Å². The molecule has 1 aromatic heterocycles. The predicted octanol–water partition coefficient (Wildman–Crippen LogP) is 4.49. The molecule has 1 aromatic carbocycles. The minimum Gasteiger partial charge on any atom is -0.493 e. The lowest BCUT2D eigenvalue weighted by Gasteiger charge is -2.17. The average molecular weight is 369 g/mol. The summed E-state index contributed by atoms with van der Waals surface area (Å²) in [7, 11) is 3.14.